The maximum Gasteiger partial charge on any atom is 0.188 e. The van der Waals surface area contributed by atoms with Gasteiger partial charge in [0, 0.05) is 6.54 Å². The summed E-state index contributed by atoms with van der Waals surface area (Å²) in [6, 6.07) is 12.9. The Hall–Kier alpha value is -1.83. The minimum absolute atomic E-state index is 0. The van der Waals surface area contributed by atoms with Gasteiger partial charge in [-0.2, -0.15) is 0 Å². The molecule has 0 aliphatic carbocycles. The number of aryl methyl sites for hydroxylation is 1. The molecule has 4 nitrogen and oxygen atoms in total. The molecular weight excluding hydrogens is 420 g/mol. The number of benzene rings is 2. The predicted molar refractivity (Wildman–Crippen MR) is 107 cm³/mol. The van der Waals surface area contributed by atoms with E-state index in [-0.39, 0.29) is 29.8 Å². The zero-order valence-electron chi connectivity index (χ0n) is 13.9. The van der Waals surface area contributed by atoms with Crippen LogP contribution in [0.3, 0.4) is 0 Å². The van der Waals surface area contributed by atoms with E-state index in [0.717, 1.165) is 17.7 Å². The number of aliphatic imine (C=N–C) groups is 1. The predicted octanol–water partition coefficient (Wildman–Crippen LogP) is 3.41. The van der Waals surface area contributed by atoms with E-state index >= 15 is 0 Å². The summed E-state index contributed by atoms with van der Waals surface area (Å²) < 4.78 is 18.3. The smallest absolute Gasteiger partial charge is 0.188 e. The van der Waals surface area contributed by atoms with Crippen molar-refractivity contribution in [3.05, 3.63) is 65.0 Å². The van der Waals surface area contributed by atoms with Gasteiger partial charge in [-0.05, 0) is 48.2 Å². The van der Waals surface area contributed by atoms with Gasteiger partial charge >= 0.3 is 0 Å². The molecule has 0 aliphatic rings. The number of rotatable bonds is 6. The third-order valence-electron chi connectivity index (χ3n) is 3.53. The van der Waals surface area contributed by atoms with Crippen molar-refractivity contribution in [1.82, 2.24) is 5.32 Å². The molecule has 0 saturated heterocycles. The van der Waals surface area contributed by atoms with E-state index in [0.29, 0.717) is 24.6 Å². The van der Waals surface area contributed by atoms with Crippen molar-refractivity contribution in [2.45, 2.75) is 19.9 Å². The largest absolute Gasteiger partial charge is 0.497 e. The van der Waals surface area contributed by atoms with Gasteiger partial charge in [0.25, 0.3) is 0 Å². The minimum atomic E-state index is -0.205. The van der Waals surface area contributed by atoms with Crippen LogP contribution in [0.25, 0.3) is 0 Å². The van der Waals surface area contributed by atoms with Crippen LogP contribution in [0.4, 0.5) is 4.39 Å². The van der Waals surface area contributed by atoms with Gasteiger partial charge in [0.1, 0.15) is 11.6 Å². The summed E-state index contributed by atoms with van der Waals surface area (Å²) in [5, 5.41) is 3.08. The van der Waals surface area contributed by atoms with Crippen molar-refractivity contribution in [3.63, 3.8) is 0 Å². The molecule has 0 bridgehead atoms. The lowest BCUT2D eigenvalue weighted by Gasteiger charge is -2.07. The molecule has 0 saturated carbocycles. The highest BCUT2D eigenvalue weighted by Crippen LogP contribution is 2.11. The van der Waals surface area contributed by atoms with Crippen molar-refractivity contribution >= 4 is 29.9 Å². The lowest BCUT2D eigenvalue weighted by atomic mass is 10.1. The lowest BCUT2D eigenvalue weighted by Crippen LogP contribution is -2.33. The molecule has 0 spiro atoms. The molecule has 0 unspecified atom stereocenters. The molecule has 3 N–H and O–H groups in total. The van der Waals surface area contributed by atoms with Crippen molar-refractivity contribution in [1.29, 1.82) is 0 Å². The molecule has 24 heavy (non-hydrogen) atoms. The third kappa shape index (κ3) is 6.35. The fourth-order valence-electron chi connectivity index (χ4n) is 2.16. The minimum Gasteiger partial charge on any atom is -0.497 e. The first-order chi connectivity index (χ1) is 11.1. The quantitative estimate of drug-likeness (QED) is 0.409. The van der Waals surface area contributed by atoms with Crippen molar-refractivity contribution < 1.29 is 9.13 Å². The van der Waals surface area contributed by atoms with Gasteiger partial charge in [0.2, 0.25) is 0 Å². The number of nitrogens with one attached hydrogen (secondary N) is 1. The van der Waals surface area contributed by atoms with Gasteiger partial charge < -0.3 is 15.8 Å². The van der Waals surface area contributed by atoms with Gasteiger partial charge in [-0.25, -0.2) is 9.38 Å². The summed E-state index contributed by atoms with van der Waals surface area (Å²) in [5.74, 6) is 1.03. The lowest BCUT2D eigenvalue weighted by molar-refractivity contribution is 0.414. The Balaban J connectivity index is 0.00000288. The highest BCUT2D eigenvalue weighted by Gasteiger charge is 1.99. The number of guanidine groups is 1. The van der Waals surface area contributed by atoms with Gasteiger partial charge in [-0.15, -0.1) is 24.0 Å². The monoisotopic (exact) mass is 443 g/mol. The molecular formula is C18H23FIN3O. The van der Waals surface area contributed by atoms with E-state index in [9.17, 15) is 4.39 Å². The molecule has 0 radical (unpaired) electrons. The number of ether oxygens (including phenoxy) is 1. The van der Waals surface area contributed by atoms with Crippen LogP contribution < -0.4 is 15.8 Å². The molecule has 6 heteroatoms. The number of methoxy groups -OCH3 is 1. The first kappa shape index (κ1) is 20.2. The molecule has 0 aliphatic heterocycles. The topological polar surface area (TPSA) is 59.6 Å². The first-order valence-electron chi connectivity index (χ1n) is 7.50. The van der Waals surface area contributed by atoms with Crippen LogP contribution in [0.1, 0.15) is 16.7 Å². The summed E-state index contributed by atoms with van der Waals surface area (Å²) in [6.07, 6.45) is 0.843. The second-order valence-electron chi connectivity index (χ2n) is 5.31. The Morgan fingerprint density at radius 1 is 1.17 bits per heavy atom. The fourth-order valence-corrected chi connectivity index (χ4v) is 2.16. The molecule has 0 aromatic heterocycles. The second-order valence-corrected chi connectivity index (χ2v) is 5.31. The zero-order chi connectivity index (χ0) is 16.7. The van der Waals surface area contributed by atoms with Gasteiger partial charge in [-0.1, -0.05) is 24.3 Å². The first-order valence-corrected chi connectivity index (χ1v) is 7.50. The van der Waals surface area contributed by atoms with E-state index in [1.165, 1.54) is 11.6 Å². The van der Waals surface area contributed by atoms with Crippen LogP contribution in [-0.4, -0.2) is 19.6 Å². The Bertz CT molecular complexity index is 674. The SMILES string of the molecule is COc1ccc(CCNC(N)=NCc2ccc(F)c(C)c2)cc1.I. The average Bonchev–Trinajstić information content (AvgIpc) is 2.56. The highest BCUT2D eigenvalue weighted by atomic mass is 127. The van der Waals surface area contributed by atoms with E-state index in [1.54, 1.807) is 26.2 Å². The van der Waals surface area contributed by atoms with Crippen LogP contribution in [0, 0.1) is 12.7 Å². The number of nitrogens with zero attached hydrogens (tertiary/aromatic N) is 1. The second kappa shape index (κ2) is 10.1. The van der Waals surface area contributed by atoms with Crippen LogP contribution in [0.15, 0.2) is 47.5 Å². The Labute approximate surface area is 159 Å². The summed E-state index contributed by atoms with van der Waals surface area (Å²) in [5.41, 5.74) is 8.59. The molecule has 2 aromatic carbocycles. The van der Waals surface area contributed by atoms with E-state index in [4.69, 9.17) is 10.5 Å². The maximum atomic E-state index is 13.2. The standard InChI is InChI=1S/C18H22FN3O.HI/c1-13-11-15(5-8-17(13)19)12-22-18(20)21-10-9-14-3-6-16(23-2)7-4-14;/h3-8,11H,9-10,12H2,1-2H3,(H3,20,21,22);1H. The summed E-state index contributed by atoms with van der Waals surface area (Å²) in [6.45, 7) is 2.87. The van der Waals surface area contributed by atoms with Crippen LogP contribution in [0.5, 0.6) is 5.75 Å². The van der Waals surface area contributed by atoms with Gasteiger partial charge in [0.15, 0.2) is 5.96 Å². The summed E-state index contributed by atoms with van der Waals surface area (Å²) >= 11 is 0. The molecule has 2 aromatic rings. The average molecular weight is 443 g/mol. The molecule has 130 valence electrons. The molecule has 0 fully saturated rings. The zero-order valence-corrected chi connectivity index (χ0v) is 16.2. The fraction of sp³-hybridized carbons (Fsp3) is 0.278. The number of halogens is 2. The van der Waals surface area contributed by atoms with E-state index in [1.807, 2.05) is 24.3 Å². The van der Waals surface area contributed by atoms with Crippen molar-refractivity contribution in [2.24, 2.45) is 10.7 Å². The van der Waals surface area contributed by atoms with E-state index in [2.05, 4.69) is 10.3 Å². The van der Waals surface area contributed by atoms with E-state index < -0.39 is 0 Å². The third-order valence-corrected chi connectivity index (χ3v) is 3.53. The molecule has 0 heterocycles. The maximum absolute atomic E-state index is 13.2. The number of hydrogen-bond donors (Lipinski definition) is 2. The van der Waals surface area contributed by atoms with Crippen molar-refractivity contribution in [3.8, 4) is 5.75 Å². The normalized spacial score (nSPS) is 10.9. The molecule has 0 atom stereocenters. The Kier molecular flexibility index (Phi) is 8.53. The Morgan fingerprint density at radius 2 is 1.83 bits per heavy atom. The van der Waals surface area contributed by atoms with Crippen LogP contribution in [0.2, 0.25) is 0 Å². The van der Waals surface area contributed by atoms with Crippen molar-refractivity contribution in [2.75, 3.05) is 13.7 Å². The van der Waals surface area contributed by atoms with Gasteiger partial charge in [-0.3, -0.25) is 0 Å². The highest BCUT2D eigenvalue weighted by molar-refractivity contribution is 14.0. The molecule has 2 rings (SSSR count). The number of hydrogen-bond acceptors (Lipinski definition) is 2. The van der Waals surface area contributed by atoms with Crippen LogP contribution in [-0.2, 0) is 13.0 Å². The van der Waals surface area contributed by atoms with Crippen LogP contribution >= 0.6 is 24.0 Å². The Morgan fingerprint density at radius 3 is 2.46 bits per heavy atom. The summed E-state index contributed by atoms with van der Waals surface area (Å²) in [4.78, 5) is 4.26. The van der Waals surface area contributed by atoms with Gasteiger partial charge in [0.05, 0.1) is 13.7 Å². The molecule has 0 amide bonds. The number of nitrogens with two attached hydrogens (primary N) is 1. The summed E-state index contributed by atoms with van der Waals surface area (Å²) in [7, 11) is 1.65.